The van der Waals surface area contributed by atoms with Gasteiger partial charge >= 0.3 is 0 Å². The number of hydrogen-bond acceptors (Lipinski definition) is 4. The molecule has 1 heterocycles. The van der Waals surface area contributed by atoms with Crippen LogP contribution in [-0.4, -0.2) is 41.9 Å². The van der Waals surface area contributed by atoms with Gasteiger partial charge in [-0.2, -0.15) is 5.10 Å². The second-order valence-corrected chi connectivity index (χ2v) is 4.81. The molecule has 0 saturated heterocycles. The minimum atomic E-state index is 0.619. The van der Waals surface area contributed by atoms with Crippen LogP contribution in [0.25, 0.3) is 11.1 Å². The molecule has 0 atom stereocenters. The Bertz CT molecular complexity index is 548. The molecule has 0 saturated carbocycles. The van der Waals surface area contributed by atoms with Crippen molar-refractivity contribution in [3.05, 3.63) is 30.6 Å². The van der Waals surface area contributed by atoms with E-state index in [-0.39, 0.29) is 0 Å². The summed E-state index contributed by atoms with van der Waals surface area (Å²) in [4.78, 5) is 2.07. The Morgan fingerprint density at radius 1 is 1.32 bits per heavy atom. The zero-order valence-corrected chi connectivity index (χ0v) is 11.6. The van der Waals surface area contributed by atoms with Crippen molar-refractivity contribution >= 4 is 5.69 Å². The number of rotatable bonds is 5. The third-order valence-electron chi connectivity index (χ3n) is 2.85. The molecule has 5 nitrogen and oxygen atoms in total. The maximum absolute atomic E-state index is 5.93. The molecule has 19 heavy (non-hydrogen) atoms. The molecule has 2 aromatic rings. The van der Waals surface area contributed by atoms with Gasteiger partial charge in [-0.05, 0) is 31.8 Å². The highest BCUT2D eigenvalue weighted by molar-refractivity contribution is 5.68. The normalized spacial score (nSPS) is 10.9. The molecule has 2 rings (SSSR count). The summed E-state index contributed by atoms with van der Waals surface area (Å²) in [6, 6.07) is 5.81. The first kappa shape index (κ1) is 13.4. The smallest absolute Gasteiger partial charge is 0.142 e. The van der Waals surface area contributed by atoms with E-state index in [4.69, 9.17) is 10.5 Å². The van der Waals surface area contributed by atoms with Crippen LogP contribution in [0, 0.1) is 0 Å². The molecule has 0 radical (unpaired) electrons. The van der Waals surface area contributed by atoms with Crippen LogP contribution in [0.15, 0.2) is 30.6 Å². The van der Waals surface area contributed by atoms with Crippen LogP contribution in [0.4, 0.5) is 5.69 Å². The molecule has 0 bridgehead atoms. The summed E-state index contributed by atoms with van der Waals surface area (Å²) >= 11 is 0. The summed E-state index contributed by atoms with van der Waals surface area (Å²) in [6.45, 7) is 1.48. The summed E-state index contributed by atoms with van der Waals surface area (Å²) in [6.07, 6.45) is 3.80. The molecule has 0 aliphatic carbocycles. The molecule has 0 aliphatic rings. The van der Waals surface area contributed by atoms with Crippen LogP contribution in [0.1, 0.15) is 0 Å². The lowest BCUT2D eigenvalue weighted by atomic mass is 10.1. The quantitative estimate of drug-likeness (QED) is 0.830. The van der Waals surface area contributed by atoms with E-state index >= 15 is 0 Å². The van der Waals surface area contributed by atoms with Crippen molar-refractivity contribution in [2.75, 3.05) is 33.0 Å². The van der Waals surface area contributed by atoms with Gasteiger partial charge in [0.05, 0.1) is 11.9 Å². The Morgan fingerprint density at radius 3 is 2.74 bits per heavy atom. The number of aryl methyl sites for hydroxylation is 1. The molecule has 2 N–H and O–H groups in total. The summed E-state index contributed by atoms with van der Waals surface area (Å²) in [7, 11) is 5.92. The summed E-state index contributed by atoms with van der Waals surface area (Å²) in [5.41, 5.74) is 8.70. The van der Waals surface area contributed by atoms with Gasteiger partial charge in [0.25, 0.3) is 0 Å². The molecular weight excluding hydrogens is 240 g/mol. The van der Waals surface area contributed by atoms with Crippen LogP contribution in [-0.2, 0) is 7.05 Å². The Hall–Kier alpha value is -2.01. The predicted octanol–water partition coefficient (Wildman–Crippen LogP) is 1.61. The van der Waals surface area contributed by atoms with Crippen molar-refractivity contribution < 1.29 is 4.74 Å². The van der Waals surface area contributed by atoms with Gasteiger partial charge in [0.15, 0.2) is 0 Å². The largest absolute Gasteiger partial charge is 0.490 e. The first-order valence-electron chi connectivity index (χ1n) is 6.22. The zero-order valence-electron chi connectivity index (χ0n) is 11.6. The molecule has 0 spiro atoms. The predicted molar refractivity (Wildman–Crippen MR) is 77.1 cm³/mol. The molecule has 0 amide bonds. The van der Waals surface area contributed by atoms with E-state index in [9.17, 15) is 0 Å². The number of benzene rings is 1. The number of likely N-dealkylation sites (N-methyl/N-ethyl adjacent to an activating group) is 1. The van der Waals surface area contributed by atoms with Crippen LogP contribution in [0.3, 0.4) is 0 Å². The molecule has 1 aromatic carbocycles. The number of nitrogens with two attached hydrogens (primary N) is 1. The maximum atomic E-state index is 5.93. The Kier molecular flexibility index (Phi) is 4.06. The first-order valence-corrected chi connectivity index (χ1v) is 6.22. The van der Waals surface area contributed by atoms with Crippen LogP contribution >= 0.6 is 0 Å². The number of nitrogens with zero attached hydrogens (tertiary/aromatic N) is 3. The lowest BCUT2D eigenvalue weighted by Gasteiger charge is -2.13. The van der Waals surface area contributed by atoms with Gasteiger partial charge in [-0.3, -0.25) is 4.68 Å². The molecule has 1 aromatic heterocycles. The molecule has 102 valence electrons. The van der Waals surface area contributed by atoms with Crippen LogP contribution in [0.2, 0.25) is 0 Å². The summed E-state index contributed by atoms with van der Waals surface area (Å²) in [5, 5.41) is 4.17. The lowest BCUT2D eigenvalue weighted by molar-refractivity contribution is 0.262. The maximum Gasteiger partial charge on any atom is 0.142 e. The molecular formula is C14H20N4O. The van der Waals surface area contributed by atoms with Crippen LogP contribution in [0.5, 0.6) is 5.75 Å². The first-order chi connectivity index (χ1) is 9.06. The van der Waals surface area contributed by atoms with Crippen molar-refractivity contribution in [2.24, 2.45) is 7.05 Å². The van der Waals surface area contributed by atoms with Crippen molar-refractivity contribution in [2.45, 2.75) is 0 Å². The van der Waals surface area contributed by atoms with Crippen molar-refractivity contribution in [1.29, 1.82) is 0 Å². The fraction of sp³-hybridized carbons (Fsp3) is 0.357. The van der Waals surface area contributed by atoms with Gasteiger partial charge in [-0.1, -0.05) is 6.07 Å². The Morgan fingerprint density at radius 2 is 2.11 bits per heavy atom. The van der Waals surface area contributed by atoms with Gasteiger partial charge in [-0.15, -0.1) is 0 Å². The topological polar surface area (TPSA) is 56.3 Å². The van der Waals surface area contributed by atoms with Gasteiger partial charge in [-0.25, -0.2) is 0 Å². The molecule has 0 fully saturated rings. The average molecular weight is 260 g/mol. The fourth-order valence-electron chi connectivity index (χ4n) is 1.75. The number of anilines is 1. The molecule has 5 heteroatoms. The third kappa shape index (κ3) is 3.48. The van der Waals surface area contributed by atoms with Crippen LogP contribution < -0.4 is 10.5 Å². The number of aromatic nitrogens is 2. The van der Waals surface area contributed by atoms with Crippen molar-refractivity contribution in [3.8, 4) is 16.9 Å². The zero-order chi connectivity index (χ0) is 13.8. The lowest BCUT2D eigenvalue weighted by Crippen LogP contribution is -2.19. The fourth-order valence-corrected chi connectivity index (χ4v) is 1.75. The number of hydrogen-bond donors (Lipinski definition) is 1. The van der Waals surface area contributed by atoms with E-state index in [0.29, 0.717) is 12.3 Å². The second kappa shape index (κ2) is 5.75. The van der Waals surface area contributed by atoms with Crippen molar-refractivity contribution in [1.82, 2.24) is 14.7 Å². The Balaban J connectivity index is 2.15. The van der Waals surface area contributed by atoms with E-state index < -0.39 is 0 Å². The highest BCUT2D eigenvalue weighted by atomic mass is 16.5. The van der Waals surface area contributed by atoms with E-state index in [0.717, 1.165) is 23.4 Å². The van der Waals surface area contributed by atoms with E-state index in [1.165, 1.54) is 0 Å². The summed E-state index contributed by atoms with van der Waals surface area (Å²) < 4.78 is 7.50. The number of nitrogen functional groups attached to an aromatic ring is 1. The van der Waals surface area contributed by atoms with Gasteiger partial charge in [0.2, 0.25) is 0 Å². The minimum Gasteiger partial charge on any atom is -0.490 e. The third-order valence-corrected chi connectivity index (χ3v) is 2.85. The van der Waals surface area contributed by atoms with E-state index in [1.807, 2.05) is 51.7 Å². The number of ether oxygens (including phenoxy) is 1. The second-order valence-electron chi connectivity index (χ2n) is 4.81. The van der Waals surface area contributed by atoms with Gasteiger partial charge in [0.1, 0.15) is 12.4 Å². The van der Waals surface area contributed by atoms with Crippen molar-refractivity contribution in [3.63, 3.8) is 0 Å². The monoisotopic (exact) mass is 260 g/mol. The highest BCUT2D eigenvalue weighted by Gasteiger charge is 2.06. The van der Waals surface area contributed by atoms with Gasteiger partial charge < -0.3 is 15.4 Å². The standard InChI is InChI=1S/C14H20N4O/c1-17(2)6-7-19-14-8-11(4-5-13(14)15)12-9-16-18(3)10-12/h4-5,8-10H,6-7,15H2,1-3H3. The Labute approximate surface area is 113 Å². The van der Waals surface area contributed by atoms with Gasteiger partial charge in [0, 0.05) is 25.4 Å². The summed E-state index contributed by atoms with van der Waals surface area (Å²) in [5.74, 6) is 0.725. The highest BCUT2D eigenvalue weighted by Crippen LogP contribution is 2.28. The SMILES string of the molecule is CN(C)CCOc1cc(-c2cnn(C)c2)ccc1N. The minimum absolute atomic E-state index is 0.619. The van der Waals surface area contributed by atoms with E-state index in [1.54, 1.807) is 4.68 Å². The average Bonchev–Trinajstić information content (AvgIpc) is 2.78. The molecule has 0 aliphatic heterocycles. The molecule has 0 unspecified atom stereocenters. The van der Waals surface area contributed by atoms with E-state index in [2.05, 4.69) is 10.00 Å².